The zero-order valence-corrected chi connectivity index (χ0v) is 21.9. The van der Waals surface area contributed by atoms with Gasteiger partial charge in [-0.1, -0.05) is 23.4 Å². The van der Waals surface area contributed by atoms with Crippen LogP contribution in [0.1, 0.15) is 42.6 Å². The molecular weight excluding hydrogens is 498 g/mol. The van der Waals surface area contributed by atoms with Crippen molar-refractivity contribution in [3.05, 3.63) is 45.2 Å². The van der Waals surface area contributed by atoms with Crippen LogP contribution in [0.2, 0.25) is 5.02 Å². The number of aryl methyl sites for hydroxylation is 2. The molecule has 0 aliphatic heterocycles. The zero-order chi connectivity index (χ0) is 24.8. The van der Waals surface area contributed by atoms with Crippen molar-refractivity contribution < 1.29 is 19.1 Å². The summed E-state index contributed by atoms with van der Waals surface area (Å²) in [6.45, 7) is 7.82. The third-order valence-electron chi connectivity index (χ3n) is 4.72. The molecule has 0 saturated heterocycles. The van der Waals surface area contributed by atoms with E-state index in [-0.39, 0.29) is 30.2 Å². The first-order chi connectivity index (χ1) is 16.2. The largest absolute Gasteiger partial charge is 0.483 e. The monoisotopic (exact) mass is 523 g/mol. The average Bonchev–Trinajstić information content (AvgIpc) is 3.36. The first-order valence-electron chi connectivity index (χ1n) is 10.5. The minimum Gasteiger partial charge on any atom is -0.483 e. The molecule has 0 saturated carbocycles. The number of nitrogens with one attached hydrogen (secondary N) is 1. The van der Waals surface area contributed by atoms with Crippen molar-refractivity contribution >= 4 is 51.7 Å². The van der Waals surface area contributed by atoms with Gasteiger partial charge in [-0.2, -0.15) is 0 Å². The highest BCUT2D eigenvalue weighted by Crippen LogP contribution is 2.29. The molecule has 0 fully saturated rings. The van der Waals surface area contributed by atoms with E-state index in [2.05, 4.69) is 20.5 Å². The quantitative estimate of drug-likeness (QED) is 0.305. The minimum absolute atomic E-state index is 0.0755. The fraction of sp³-hybridized carbons (Fsp3) is 0.409. The normalized spacial score (nSPS) is 11.8. The number of hydrogen-bond donors (Lipinski definition) is 1. The number of halogens is 1. The first-order valence-corrected chi connectivity index (χ1v) is 12.8. The summed E-state index contributed by atoms with van der Waals surface area (Å²) in [6, 6.07) is 3.78. The van der Waals surface area contributed by atoms with Crippen LogP contribution in [0.15, 0.2) is 22.7 Å². The number of nitrogens with zero attached hydrogens (tertiary/aromatic N) is 4. The van der Waals surface area contributed by atoms with Gasteiger partial charge >= 0.3 is 5.97 Å². The van der Waals surface area contributed by atoms with E-state index in [1.807, 2.05) is 40.0 Å². The molecule has 1 aromatic carbocycles. The minimum atomic E-state index is -0.353. The third kappa shape index (κ3) is 6.71. The fourth-order valence-electron chi connectivity index (χ4n) is 3.13. The lowest BCUT2D eigenvalue weighted by Crippen LogP contribution is -2.15. The summed E-state index contributed by atoms with van der Waals surface area (Å²) in [5.74, 6) is 0.886. The van der Waals surface area contributed by atoms with Crippen molar-refractivity contribution in [2.24, 2.45) is 7.05 Å². The Kier molecular flexibility index (Phi) is 8.92. The summed E-state index contributed by atoms with van der Waals surface area (Å²) in [5.41, 5.74) is 2.44. The summed E-state index contributed by atoms with van der Waals surface area (Å²) < 4.78 is 12.8. The summed E-state index contributed by atoms with van der Waals surface area (Å²) in [6.07, 6.45) is -0.277. The molecule has 0 spiro atoms. The molecule has 9 nitrogen and oxygen atoms in total. The zero-order valence-electron chi connectivity index (χ0n) is 19.5. The van der Waals surface area contributed by atoms with Crippen LogP contribution in [0.5, 0.6) is 5.75 Å². The molecule has 1 unspecified atom stereocenters. The Morgan fingerprint density at radius 2 is 1.97 bits per heavy atom. The number of amides is 1. The van der Waals surface area contributed by atoms with Crippen molar-refractivity contribution in [3.63, 3.8) is 0 Å². The lowest BCUT2D eigenvalue weighted by molar-refractivity contribution is -0.142. The van der Waals surface area contributed by atoms with E-state index in [1.54, 1.807) is 16.9 Å². The van der Waals surface area contributed by atoms with E-state index in [4.69, 9.17) is 21.1 Å². The number of anilines is 1. The van der Waals surface area contributed by atoms with Gasteiger partial charge in [-0.25, -0.2) is 4.98 Å². The molecular formula is C22H26ClN5O4S2. The molecule has 1 amide bonds. The van der Waals surface area contributed by atoms with Gasteiger partial charge in [0.05, 0.1) is 24.5 Å². The van der Waals surface area contributed by atoms with Crippen LogP contribution in [-0.2, 0) is 27.8 Å². The van der Waals surface area contributed by atoms with Crippen molar-refractivity contribution in [1.82, 2.24) is 19.7 Å². The van der Waals surface area contributed by atoms with Crippen LogP contribution in [0.4, 0.5) is 5.13 Å². The Hall–Kier alpha value is -2.63. The average molecular weight is 524 g/mol. The second kappa shape index (κ2) is 11.7. The number of rotatable bonds is 10. The maximum absolute atomic E-state index is 12.4. The van der Waals surface area contributed by atoms with Crippen molar-refractivity contribution in [2.45, 2.75) is 45.4 Å². The number of carbonyl (C=O) groups is 2. The standard InChI is InChI=1S/C22H26ClN5O4S2/c1-6-31-18(30)9-15-10-33-21(24-15)25-17(29)11-34-22-27-26-20(28(22)5)14(4)32-16-7-12(2)19(23)13(3)8-16/h7-8,10,14H,6,9,11H2,1-5H3,(H,24,25,29). The molecule has 34 heavy (non-hydrogen) atoms. The Morgan fingerprint density at radius 3 is 2.65 bits per heavy atom. The van der Waals surface area contributed by atoms with Crippen LogP contribution in [0.25, 0.3) is 0 Å². The number of benzene rings is 1. The molecule has 182 valence electrons. The predicted molar refractivity (Wildman–Crippen MR) is 133 cm³/mol. The molecule has 2 aromatic heterocycles. The molecule has 2 heterocycles. The lowest BCUT2D eigenvalue weighted by atomic mass is 10.1. The molecule has 0 radical (unpaired) electrons. The van der Waals surface area contributed by atoms with Crippen molar-refractivity contribution in [3.8, 4) is 5.75 Å². The summed E-state index contributed by atoms with van der Waals surface area (Å²) >= 11 is 8.75. The van der Waals surface area contributed by atoms with Crippen LogP contribution in [0.3, 0.4) is 0 Å². The van der Waals surface area contributed by atoms with Gasteiger partial charge in [0.25, 0.3) is 0 Å². The Balaban J connectivity index is 1.54. The van der Waals surface area contributed by atoms with Gasteiger partial charge in [-0.05, 0) is 51.0 Å². The van der Waals surface area contributed by atoms with Gasteiger partial charge in [0.15, 0.2) is 22.2 Å². The molecule has 1 atom stereocenters. The second-order valence-electron chi connectivity index (χ2n) is 7.49. The predicted octanol–water partition coefficient (Wildman–Crippen LogP) is 4.52. The SMILES string of the molecule is CCOC(=O)Cc1csc(NC(=O)CSc2nnc(C(C)Oc3cc(C)c(Cl)c(C)c3)n2C)n1. The second-order valence-corrected chi connectivity index (χ2v) is 9.67. The Bertz CT molecular complexity index is 1160. The number of aromatic nitrogens is 4. The maximum Gasteiger partial charge on any atom is 0.311 e. The highest BCUT2D eigenvalue weighted by atomic mass is 35.5. The summed E-state index contributed by atoms with van der Waals surface area (Å²) in [4.78, 5) is 28.2. The van der Waals surface area contributed by atoms with Crippen LogP contribution in [0, 0.1) is 13.8 Å². The third-order valence-corrected chi connectivity index (χ3v) is 7.14. The molecule has 0 bridgehead atoms. The van der Waals surface area contributed by atoms with E-state index in [0.717, 1.165) is 16.1 Å². The number of esters is 1. The van der Waals surface area contributed by atoms with E-state index in [1.165, 1.54) is 23.1 Å². The number of thiazole rings is 1. The highest BCUT2D eigenvalue weighted by molar-refractivity contribution is 7.99. The molecule has 12 heteroatoms. The smallest absolute Gasteiger partial charge is 0.311 e. The number of carbonyl (C=O) groups excluding carboxylic acids is 2. The van der Waals surface area contributed by atoms with Gasteiger partial charge in [-0.3, -0.25) is 9.59 Å². The van der Waals surface area contributed by atoms with E-state index in [9.17, 15) is 9.59 Å². The molecule has 1 N–H and O–H groups in total. The van der Waals surface area contributed by atoms with Gasteiger partial charge in [0, 0.05) is 17.5 Å². The van der Waals surface area contributed by atoms with Crippen molar-refractivity contribution in [1.29, 1.82) is 0 Å². The van der Waals surface area contributed by atoms with Gasteiger partial charge in [0.2, 0.25) is 5.91 Å². The summed E-state index contributed by atoms with van der Waals surface area (Å²) in [5, 5.41) is 14.6. The van der Waals surface area contributed by atoms with Gasteiger partial charge < -0.3 is 19.4 Å². The fourth-order valence-corrected chi connectivity index (χ4v) is 4.68. The lowest BCUT2D eigenvalue weighted by Gasteiger charge is -2.16. The topological polar surface area (TPSA) is 108 Å². The highest BCUT2D eigenvalue weighted by Gasteiger charge is 2.19. The molecule has 3 aromatic rings. The van der Waals surface area contributed by atoms with E-state index >= 15 is 0 Å². The van der Waals surface area contributed by atoms with Gasteiger partial charge in [0.1, 0.15) is 5.75 Å². The number of hydrogen-bond acceptors (Lipinski definition) is 9. The van der Waals surface area contributed by atoms with Crippen molar-refractivity contribution in [2.75, 3.05) is 17.7 Å². The summed E-state index contributed by atoms with van der Waals surface area (Å²) in [7, 11) is 1.83. The number of thioether (sulfide) groups is 1. The molecule has 0 aliphatic rings. The maximum atomic E-state index is 12.4. The van der Waals surface area contributed by atoms with Crippen LogP contribution < -0.4 is 10.1 Å². The van der Waals surface area contributed by atoms with Crippen LogP contribution in [-0.4, -0.2) is 44.0 Å². The van der Waals surface area contributed by atoms with E-state index < -0.39 is 0 Å². The molecule has 0 aliphatic carbocycles. The van der Waals surface area contributed by atoms with E-state index in [0.29, 0.717) is 34.2 Å². The van der Waals surface area contributed by atoms with Crippen LogP contribution >= 0.6 is 34.7 Å². The Morgan fingerprint density at radius 1 is 1.26 bits per heavy atom. The Labute approximate surface area is 211 Å². The number of ether oxygens (including phenoxy) is 2. The first kappa shape index (κ1) is 26.0. The van der Waals surface area contributed by atoms with Gasteiger partial charge in [-0.15, -0.1) is 21.5 Å². The molecule has 3 rings (SSSR count).